The van der Waals surface area contributed by atoms with E-state index in [1.54, 1.807) is 0 Å². The van der Waals surface area contributed by atoms with Crippen molar-refractivity contribution in [3.63, 3.8) is 0 Å². The Morgan fingerprint density at radius 2 is 2.14 bits per heavy atom. The summed E-state index contributed by atoms with van der Waals surface area (Å²) >= 11 is 0. The minimum absolute atomic E-state index is 0.118. The van der Waals surface area contributed by atoms with Crippen molar-refractivity contribution in [2.24, 2.45) is 5.73 Å². The van der Waals surface area contributed by atoms with Crippen molar-refractivity contribution < 1.29 is 4.79 Å². The van der Waals surface area contributed by atoms with Crippen LogP contribution in [0.3, 0.4) is 0 Å². The molecule has 0 bridgehead atoms. The van der Waals surface area contributed by atoms with Gasteiger partial charge in [-0.3, -0.25) is 4.79 Å². The van der Waals surface area contributed by atoms with Gasteiger partial charge in [0.05, 0.1) is 6.42 Å². The average molecular weight is 187 g/mol. The quantitative estimate of drug-likeness (QED) is 0.666. The van der Waals surface area contributed by atoms with E-state index in [-0.39, 0.29) is 12.3 Å². The zero-order valence-corrected chi connectivity index (χ0v) is 8.42. The Morgan fingerprint density at radius 3 is 2.79 bits per heavy atom. The number of hydrogen-bond donors (Lipinski definition) is 1. The smallest absolute Gasteiger partial charge is 0.229 e. The number of hydrogen-bond acceptors (Lipinski definition) is 1. The monoisotopic (exact) mass is 187 g/mol. The lowest BCUT2D eigenvalue weighted by Gasteiger charge is -2.00. The molecule has 0 saturated carbocycles. The minimum Gasteiger partial charge on any atom is -0.369 e. The first-order valence-electron chi connectivity index (χ1n) is 4.44. The first-order chi connectivity index (χ1) is 6.61. The van der Waals surface area contributed by atoms with Crippen LogP contribution in [-0.2, 0) is 4.79 Å². The molecule has 1 aromatic carbocycles. The molecular formula is C12H13NO. The Labute approximate surface area is 84.1 Å². The summed E-state index contributed by atoms with van der Waals surface area (Å²) in [4.78, 5) is 10.5. The van der Waals surface area contributed by atoms with E-state index in [1.807, 2.05) is 32.0 Å². The van der Waals surface area contributed by atoms with Crippen LogP contribution < -0.4 is 5.73 Å². The fourth-order valence-electron chi connectivity index (χ4n) is 1.11. The fourth-order valence-corrected chi connectivity index (χ4v) is 1.11. The van der Waals surface area contributed by atoms with Crippen LogP contribution in [0.25, 0.3) is 0 Å². The van der Waals surface area contributed by atoms with Gasteiger partial charge < -0.3 is 5.73 Å². The number of amides is 1. The molecule has 1 aromatic rings. The summed E-state index contributed by atoms with van der Waals surface area (Å²) in [5.41, 5.74) is 8.31. The van der Waals surface area contributed by atoms with Gasteiger partial charge in [-0.1, -0.05) is 24.0 Å². The average Bonchev–Trinajstić information content (AvgIpc) is 2.12. The SMILES string of the molecule is Cc1cccc(C#CCC(N)=O)c1C. The lowest BCUT2D eigenvalue weighted by molar-refractivity contribution is -0.117. The maximum atomic E-state index is 10.5. The van der Waals surface area contributed by atoms with Crippen molar-refractivity contribution in [3.05, 3.63) is 34.9 Å². The number of benzene rings is 1. The third-order valence-corrected chi connectivity index (χ3v) is 2.09. The topological polar surface area (TPSA) is 43.1 Å². The van der Waals surface area contributed by atoms with Gasteiger partial charge in [-0.15, -0.1) is 0 Å². The molecule has 0 aliphatic rings. The van der Waals surface area contributed by atoms with Crippen molar-refractivity contribution in [2.75, 3.05) is 0 Å². The van der Waals surface area contributed by atoms with Gasteiger partial charge in [0.1, 0.15) is 0 Å². The van der Waals surface area contributed by atoms with E-state index in [0.29, 0.717) is 0 Å². The molecule has 0 heterocycles. The van der Waals surface area contributed by atoms with Crippen LogP contribution in [0.5, 0.6) is 0 Å². The third kappa shape index (κ3) is 2.63. The van der Waals surface area contributed by atoms with E-state index in [2.05, 4.69) is 11.8 Å². The number of carbonyl (C=O) groups is 1. The number of aryl methyl sites for hydroxylation is 1. The highest BCUT2D eigenvalue weighted by atomic mass is 16.1. The molecule has 0 spiro atoms. The molecule has 14 heavy (non-hydrogen) atoms. The van der Waals surface area contributed by atoms with Gasteiger partial charge >= 0.3 is 0 Å². The van der Waals surface area contributed by atoms with Gasteiger partial charge in [-0.25, -0.2) is 0 Å². The van der Waals surface area contributed by atoms with E-state index in [1.165, 1.54) is 5.56 Å². The van der Waals surface area contributed by atoms with Crippen molar-refractivity contribution in [3.8, 4) is 11.8 Å². The molecule has 0 atom stereocenters. The van der Waals surface area contributed by atoms with Crippen molar-refractivity contribution in [1.29, 1.82) is 0 Å². The zero-order valence-electron chi connectivity index (χ0n) is 8.42. The molecule has 0 fully saturated rings. The first kappa shape index (κ1) is 10.3. The van der Waals surface area contributed by atoms with Gasteiger partial charge in [-0.05, 0) is 31.0 Å². The molecule has 0 unspecified atom stereocenters. The lowest BCUT2D eigenvalue weighted by Crippen LogP contribution is -2.08. The largest absolute Gasteiger partial charge is 0.369 e. The van der Waals surface area contributed by atoms with E-state index in [4.69, 9.17) is 5.73 Å². The van der Waals surface area contributed by atoms with Gasteiger partial charge in [0.15, 0.2) is 0 Å². The molecule has 0 saturated heterocycles. The Morgan fingerprint density at radius 1 is 1.43 bits per heavy atom. The Balaban J connectivity index is 2.90. The summed E-state index contributed by atoms with van der Waals surface area (Å²) in [6.07, 6.45) is 0.118. The van der Waals surface area contributed by atoms with Gasteiger partial charge in [0, 0.05) is 5.56 Å². The Bertz CT molecular complexity index is 410. The van der Waals surface area contributed by atoms with Crippen LogP contribution in [0.4, 0.5) is 0 Å². The van der Waals surface area contributed by atoms with Crippen LogP contribution >= 0.6 is 0 Å². The van der Waals surface area contributed by atoms with Crippen LogP contribution in [0.15, 0.2) is 18.2 Å². The first-order valence-corrected chi connectivity index (χ1v) is 4.44. The second-order valence-corrected chi connectivity index (χ2v) is 3.19. The zero-order chi connectivity index (χ0) is 10.6. The van der Waals surface area contributed by atoms with E-state index >= 15 is 0 Å². The van der Waals surface area contributed by atoms with E-state index < -0.39 is 0 Å². The van der Waals surface area contributed by atoms with Gasteiger partial charge in [0.25, 0.3) is 0 Å². The minimum atomic E-state index is -0.386. The Hall–Kier alpha value is -1.75. The molecule has 2 nitrogen and oxygen atoms in total. The maximum Gasteiger partial charge on any atom is 0.229 e. The van der Waals surface area contributed by atoms with Crippen LogP contribution in [-0.4, -0.2) is 5.91 Å². The van der Waals surface area contributed by atoms with Crippen LogP contribution in [0.2, 0.25) is 0 Å². The summed E-state index contributed by atoms with van der Waals surface area (Å²) in [5.74, 6) is 5.29. The molecule has 2 N–H and O–H groups in total. The standard InChI is InChI=1S/C12H13NO/c1-9-5-3-6-11(10(9)2)7-4-8-12(13)14/h3,5-6H,8H2,1-2H3,(H2,13,14). The van der Waals surface area contributed by atoms with E-state index in [0.717, 1.165) is 11.1 Å². The fraction of sp³-hybridized carbons (Fsp3) is 0.250. The summed E-state index contributed by atoms with van der Waals surface area (Å²) in [5, 5.41) is 0. The molecular weight excluding hydrogens is 174 g/mol. The summed E-state index contributed by atoms with van der Waals surface area (Å²) in [6.45, 7) is 4.05. The van der Waals surface area contributed by atoms with Crippen LogP contribution in [0.1, 0.15) is 23.1 Å². The molecule has 72 valence electrons. The predicted molar refractivity (Wildman–Crippen MR) is 56.6 cm³/mol. The number of nitrogens with two attached hydrogens (primary N) is 1. The predicted octanol–water partition coefficient (Wildman–Crippen LogP) is 1.53. The van der Waals surface area contributed by atoms with Crippen LogP contribution in [0, 0.1) is 25.7 Å². The van der Waals surface area contributed by atoms with E-state index in [9.17, 15) is 4.79 Å². The van der Waals surface area contributed by atoms with Gasteiger partial charge in [-0.2, -0.15) is 0 Å². The maximum absolute atomic E-state index is 10.5. The normalized spacial score (nSPS) is 9.00. The summed E-state index contributed by atoms with van der Waals surface area (Å²) in [6, 6.07) is 5.93. The molecule has 1 rings (SSSR count). The second-order valence-electron chi connectivity index (χ2n) is 3.19. The van der Waals surface area contributed by atoms with Crippen molar-refractivity contribution in [2.45, 2.75) is 20.3 Å². The number of primary amides is 1. The molecule has 0 radical (unpaired) electrons. The highest BCUT2D eigenvalue weighted by molar-refractivity contribution is 5.76. The highest BCUT2D eigenvalue weighted by Gasteiger charge is 1.96. The molecule has 2 heteroatoms. The van der Waals surface area contributed by atoms with Crippen molar-refractivity contribution >= 4 is 5.91 Å². The molecule has 0 aromatic heterocycles. The number of carbonyl (C=O) groups excluding carboxylic acids is 1. The third-order valence-electron chi connectivity index (χ3n) is 2.09. The lowest BCUT2D eigenvalue weighted by atomic mass is 10.0. The van der Waals surface area contributed by atoms with Crippen molar-refractivity contribution in [1.82, 2.24) is 0 Å². The Kier molecular flexibility index (Phi) is 3.30. The molecule has 0 aliphatic carbocycles. The second kappa shape index (κ2) is 4.48. The number of rotatable bonds is 1. The molecule has 0 aliphatic heterocycles. The summed E-state index contributed by atoms with van der Waals surface area (Å²) < 4.78 is 0. The summed E-state index contributed by atoms with van der Waals surface area (Å²) in [7, 11) is 0. The molecule has 1 amide bonds. The van der Waals surface area contributed by atoms with Gasteiger partial charge in [0.2, 0.25) is 5.91 Å². The highest BCUT2D eigenvalue weighted by Crippen LogP contribution is 2.10.